The second-order valence-electron chi connectivity index (χ2n) is 4.63. The molecule has 0 aliphatic heterocycles. The van der Waals surface area contributed by atoms with Gasteiger partial charge in [-0.05, 0) is 49.7 Å². The Labute approximate surface area is 136 Å². The smallest absolute Gasteiger partial charge is 0.160 e. The van der Waals surface area contributed by atoms with Crippen LogP contribution in [0, 0.1) is 6.92 Å². The maximum Gasteiger partial charge on any atom is 0.160 e. The molecule has 0 radical (unpaired) electrons. The van der Waals surface area contributed by atoms with Crippen molar-refractivity contribution in [3.05, 3.63) is 45.6 Å². The fourth-order valence-corrected chi connectivity index (χ4v) is 2.92. The lowest BCUT2D eigenvalue weighted by Crippen LogP contribution is -2.15. The van der Waals surface area contributed by atoms with E-state index in [2.05, 4.69) is 30.4 Å². The van der Waals surface area contributed by atoms with E-state index >= 15 is 0 Å². The summed E-state index contributed by atoms with van der Waals surface area (Å²) >= 11 is 1.85. The van der Waals surface area contributed by atoms with Crippen molar-refractivity contribution in [2.45, 2.75) is 19.9 Å². The van der Waals surface area contributed by atoms with Crippen molar-refractivity contribution >= 4 is 23.7 Å². The molecule has 0 saturated heterocycles. The first-order valence-electron chi connectivity index (χ1n) is 6.70. The number of rotatable bonds is 7. The molecular weight excluding hydrogens is 306 g/mol. The zero-order valence-corrected chi connectivity index (χ0v) is 14.3. The molecule has 0 atom stereocenters. The van der Waals surface area contributed by atoms with Gasteiger partial charge in [-0.25, -0.2) is 0 Å². The summed E-state index contributed by atoms with van der Waals surface area (Å²) in [4.78, 5) is 2.75. The number of hydrogen-bond acceptors (Lipinski definition) is 4. The van der Waals surface area contributed by atoms with Gasteiger partial charge in [-0.15, -0.1) is 23.7 Å². The number of nitrogens with one attached hydrogen (secondary N) is 1. The third kappa shape index (κ3) is 5.23. The molecule has 1 heterocycles. The van der Waals surface area contributed by atoms with Crippen LogP contribution in [0.25, 0.3) is 0 Å². The van der Waals surface area contributed by atoms with Crippen LogP contribution >= 0.6 is 23.7 Å². The van der Waals surface area contributed by atoms with Gasteiger partial charge < -0.3 is 14.8 Å². The van der Waals surface area contributed by atoms with Crippen molar-refractivity contribution in [2.24, 2.45) is 0 Å². The maximum absolute atomic E-state index is 5.31. The summed E-state index contributed by atoms with van der Waals surface area (Å²) in [6.07, 6.45) is 0.977. The van der Waals surface area contributed by atoms with E-state index in [9.17, 15) is 0 Å². The SMILES string of the molecule is COc1ccc(CCNCc2ccc(C)s2)cc1OC.Cl. The van der Waals surface area contributed by atoms with Gasteiger partial charge in [-0.1, -0.05) is 6.07 Å². The molecule has 0 fully saturated rings. The van der Waals surface area contributed by atoms with E-state index in [0.29, 0.717) is 0 Å². The molecule has 3 nitrogen and oxygen atoms in total. The Bertz CT molecular complexity index is 557. The largest absolute Gasteiger partial charge is 0.493 e. The molecule has 21 heavy (non-hydrogen) atoms. The Morgan fingerprint density at radius 3 is 2.43 bits per heavy atom. The molecule has 0 unspecified atom stereocenters. The lowest BCUT2D eigenvalue weighted by atomic mass is 10.1. The van der Waals surface area contributed by atoms with E-state index in [1.54, 1.807) is 14.2 Å². The number of methoxy groups -OCH3 is 2. The van der Waals surface area contributed by atoms with Crippen LogP contribution in [0.3, 0.4) is 0 Å². The van der Waals surface area contributed by atoms with Gasteiger partial charge in [0.05, 0.1) is 14.2 Å². The minimum Gasteiger partial charge on any atom is -0.493 e. The molecule has 0 amide bonds. The molecule has 1 N–H and O–H groups in total. The summed E-state index contributed by atoms with van der Waals surface area (Å²) in [5.41, 5.74) is 1.25. The normalized spacial score (nSPS) is 10.0. The average molecular weight is 328 g/mol. The quantitative estimate of drug-likeness (QED) is 0.784. The molecule has 0 bridgehead atoms. The number of thiophene rings is 1. The van der Waals surface area contributed by atoms with Gasteiger partial charge in [0.2, 0.25) is 0 Å². The topological polar surface area (TPSA) is 30.5 Å². The summed E-state index contributed by atoms with van der Waals surface area (Å²) in [6, 6.07) is 10.4. The Hall–Kier alpha value is -1.23. The van der Waals surface area contributed by atoms with E-state index < -0.39 is 0 Å². The minimum absolute atomic E-state index is 0. The van der Waals surface area contributed by atoms with Gasteiger partial charge in [-0.2, -0.15) is 0 Å². The van der Waals surface area contributed by atoms with Crippen molar-refractivity contribution in [2.75, 3.05) is 20.8 Å². The fourth-order valence-electron chi connectivity index (χ4n) is 2.06. The summed E-state index contributed by atoms with van der Waals surface area (Å²) in [5.74, 6) is 1.57. The van der Waals surface area contributed by atoms with E-state index in [-0.39, 0.29) is 12.4 Å². The third-order valence-electron chi connectivity index (χ3n) is 3.13. The molecule has 0 saturated carbocycles. The number of hydrogen-bond donors (Lipinski definition) is 1. The van der Waals surface area contributed by atoms with Crippen LogP contribution in [0.5, 0.6) is 11.5 Å². The van der Waals surface area contributed by atoms with E-state index in [1.807, 2.05) is 23.5 Å². The minimum atomic E-state index is 0. The number of halogens is 1. The first-order chi connectivity index (χ1) is 9.72. The lowest BCUT2D eigenvalue weighted by Gasteiger charge is -2.09. The van der Waals surface area contributed by atoms with E-state index in [4.69, 9.17) is 9.47 Å². The van der Waals surface area contributed by atoms with Crippen molar-refractivity contribution < 1.29 is 9.47 Å². The summed E-state index contributed by atoms with van der Waals surface area (Å²) in [6.45, 7) is 4.02. The highest BCUT2D eigenvalue weighted by Crippen LogP contribution is 2.27. The van der Waals surface area contributed by atoms with Crippen LogP contribution < -0.4 is 14.8 Å². The highest BCUT2D eigenvalue weighted by molar-refractivity contribution is 7.11. The maximum atomic E-state index is 5.31. The van der Waals surface area contributed by atoms with Gasteiger partial charge in [0.1, 0.15) is 0 Å². The molecule has 2 rings (SSSR count). The van der Waals surface area contributed by atoms with E-state index in [0.717, 1.165) is 31.0 Å². The van der Waals surface area contributed by atoms with Gasteiger partial charge in [-0.3, -0.25) is 0 Å². The highest BCUT2D eigenvalue weighted by Gasteiger charge is 2.04. The van der Waals surface area contributed by atoms with Crippen molar-refractivity contribution in [3.63, 3.8) is 0 Å². The molecule has 116 valence electrons. The van der Waals surface area contributed by atoms with Crippen molar-refractivity contribution in [3.8, 4) is 11.5 Å². The molecule has 0 spiro atoms. The summed E-state index contributed by atoms with van der Waals surface area (Å²) in [7, 11) is 3.32. The molecule has 5 heteroatoms. The van der Waals surface area contributed by atoms with Gasteiger partial charge in [0.25, 0.3) is 0 Å². The second kappa shape index (κ2) is 8.93. The van der Waals surface area contributed by atoms with Gasteiger partial charge >= 0.3 is 0 Å². The van der Waals surface area contributed by atoms with Crippen molar-refractivity contribution in [1.29, 1.82) is 0 Å². The Kier molecular flexibility index (Phi) is 7.57. The lowest BCUT2D eigenvalue weighted by molar-refractivity contribution is 0.354. The first-order valence-corrected chi connectivity index (χ1v) is 7.51. The molecule has 0 aliphatic rings. The highest BCUT2D eigenvalue weighted by atomic mass is 35.5. The van der Waals surface area contributed by atoms with Crippen LogP contribution in [0.15, 0.2) is 30.3 Å². The van der Waals surface area contributed by atoms with Crippen LogP contribution in [0.2, 0.25) is 0 Å². The van der Waals surface area contributed by atoms with Crippen LogP contribution in [-0.2, 0) is 13.0 Å². The van der Waals surface area contributed by atoms with Crippen molar-refractivity contribution in [1.82, 2.24) is 5.32 Å². The van der Waals surface area contributed by atoms with Crippen LogP contribution in [0.4, 0.5) is 0 Å². The van der Waals surface area contributed by atoms with Crippen LogP contribution in [-0.4, -0.2) is 20.8 Å². The third-order valence-corrected chi connectivity index (χ3v) is 4.13. The number of benzene rings is 1. The van der Waals surface area contributed by atoms with Gasteiger partial charge in [0.15, 0.2) is 11.5 Å². The molecule has 1 aromatic heterocycles. The van der Waals surface area contributed by atoms with Gasteiger partial charge in [0, 0.05) is 16.3 Å². The number of aryl methyl sites for hydroxylation is 1. The predicted octanol–water partition coefficient (Wildman–Crippen LogP) is 3.83. The molecule has 0 aliphatic carbocycles. The first kappa shape index (κ1) is 17.8. The molecule has 2 aromatic rings. The summed E-state index contributed by atoms with van der Waals surface area (Å²) in [5, 5.41) is 3.47. The predicted molar refractivity (Wildman–Crippen MR) is 91.3 cm³/mol. The number of ether oxygens (including phenoxy) is 2. The molecule has 1 aromatic carbocycles. The Morgan fingerprint density at radius 2 is 1.81 bits per heavy atom. The second-order valence-corrected chi connectivity index (χ2v) is 6.00. The Morgan fingerprint density at radius 1 is 1.05 bits per heavy atom. The summed E-state index contributed by atoms with van der Waals surface area (Å²) < 4.78 is 10.5. The fraction of sp³-hybridized carbons (Fsp3) is 0.375. The zero-order valence-electron chi connectivity index (χ0n) is 12.6. The van der Waals surface area contributed by atoms with E-state index in [1.165, 1.54) is 15.3 Å². The van der Waals surface area contributed by atoms with Crippen LogP contribution in [0.1, 0.15) is 15.3 Å². The Balaban J connectivity index is 0.00000220. The zero-order chi connectivity index (χ0) is 14.4. The average Bonchev–Trinajstić information content (AvgIpc) is 2.89. The standard InChI is InChI=1S/C16H21NO2S.ClH/c1-12-4-6-14(20-12)11-17-9-8-13-5-7-15(18-2)16(10-13)19-3;/h4-7,10,17H,8-9,11H2,1-3H3;1H. The molecular formula is C16H22ClNO2S. The monoisotopic (exact) mass is 327 g/mol.